The molecule has 0 aliphatic carbocycles. The second kappa shape index (κ2) is 9.88. The maximum absolute atomic E-state index is 12.3. The van der Waals surface area contributed by atoms with Crippen LogP contribution in [0.4, 0.5) is 0 Å². The first kappa shape index (κ1) is 22.0. The van der Waals surface area contributed by atoms with Crippen LogP contribution in [-0.4, -0.2) is 51.4 Å². The van der Waals surface area contributed by atoms with Gasteiger partial charge in [-0.15, -0.1) is 0 Å². The first-order chi connectivity index (χ1) is 14.9. The van der Waals surface area contributed by atoms with E-state index in [0.717, 1.165) is 0 Å². The number of hydrogen-bond acceptors (Lipinski definition) is 5. The van der Waals surface area contributed by atoms with Gasteiger partial charge in [0.25, 0.3) is 11.8 Å². The fourth-order valence-corrected chi connectivity index (χ4v) is 3.51. The normalized spacial score (nSPS) is 13.7. The van der Waals surface area contributed by atoms with Gasteiger partial charge in [0.1, 0.15) is 11.8 Å². The van der Waals surface area contributed by atoms with E-state index in [9.17, 15) is 29.4 Å². The highest BCUT2D eigenvalue weighted by molar-refractivity contribution is 6.21. The highest BCUT2D eigenvalue weighted by atomic mass is 16.4. The molecule has 3 amide bonds. The van der Waals surface area contributed by atoms with Crippen molar-refractivity contribution in [3.8, 4) is 5.75 Å². The minimum absolute atomic E-state index is 0.0841. The summed E-state index contributed by atoms with van der Waals surface area (Å²) in [5, 5.41) is 21.2. The van der Waals surface area contributed by atoms with Crippen molar-refractivity contribution in [3.63, 3.8) is 0 Å². The summed E-state index contributed by atoms with van der Waals surface area (Å²) in [6.07, 6.45) is 1.97. The van der Waals surface area contributed by atoms with Crippen LogP contribution >= 0.6 is 0 Å². The zero-order valence-corrected chi connectivity index (χ0v) is 16.9. The van der Waals surface area contributed by atoms with Crippen LogP contribution in [0.3, 0.4) is 0 Å². The van der Waals surface area contributed by atoms with Crippen LogP contribution in [0.1, 0.15) is 52.0 Å². The number of unbranched alkanes of at least 4 members (excludes halogenated alkanes) is 2. The third-order valence-corrected chi connectivity index (χ3v) is 5.17. The number of benzene rings is 2. The van der Waals surface area contributed by atoms with Crippen molar-refractivity contribution < 1.29 is 29.4 Å². The fraction of sp³-hybridized carbons (Fsp3) is 0.304. The van der Waals surface area contributed by atoms with Gasteiger partial charge in [-0.05, 0) is 42.7 Å². The number of amides is 3. The van der Waals surface area contributed by atoms with Crippen molar-refractivity contribution in [2.24, 2.45) is 0 Å². The quantitative estimate of drug-likeness (QED) is 0.397. The molecular formula is C23H24N2O6. The van der Waals surface area contributed by atoms with E-state index in [4.69, 9.17) is 0 Å². The monoisotopic (exact) mass is 424 g/mol. The van der Waals surface area contributed by atoms with Gasteiger partial charge in [0.05, 0.1) is 11.1 Å². The maximum atomic E-state index is 12.3. The lowest BCUT2D eigenvalue weighted by molar-refractivity contribution is -0.141. The summed E-state index contributed by atoms with van der Waals surface area (Å²) in [7, 11) is 0. The number of carbonyl (C=O) groups excluding carboxylic acids is 3. The molecule has 8 heteroatoms. The predicted molar refractivity (Wildman–Crippen MR) is 112 cm³/mol. The smallest absolute Gasteiger partial charge is 0.326 e. The Morgan fingerprint density at radius 1 is 0.903 bits per heavy atom. The molecule has 2 aromatic rings. The topological polar surface area (TPSA) is 124 Å². The predicted octanol–water partition coefficient (Wildman–Crippen LogP) is 2.36. The third-order valence-electron chi connectivity index (χ3n) is 5.17. The van der Waals surface area contributed by atoms with E-state index < -0.39 is 12.0 Å². The number of nitrogens with one attached hydrogen (secondary N) is 1. The average Bonchev–Trinajstić information content (AvgIpc) is 2.99. The number of imide groups is 1. The van der Waals surface area contributed by atoms with Gasteiger partial charge in [0.15, 0.2) is 0 Å². The molecule has 1 atom stereocenters. The molecule has 0 radical (unpaired) electrons. The molecule has 3 rings (SSSR count). The fourth-order valence-electron chi connectivity index (χ4n) is 3.51. The Balaban J connectivity index is 1.40. The molecule has 0 bridgehead atoms. The summed E-state index contributed by atoms with van der Waals surface area (Å²) < 4.78 is 0. The summed E-state index contributed by atoms with van der Waals surface area (Å²) in [6, 6.07) is 11.8. The van der Waals surface area contributed by atoms with E-state index in [1.165, 1.54) is 17.0 Å². The number of hydrogen-bond donors (Lipinski definition) is 3. The highest BCUT2D eigenvalue weighted by Crippen LogP contribution is 2.22. The molecule has 162 valence electrons. The van der Waals surface area contributed by atoms with E-state index in [0.29, 0.717) is 36.0 Å². The van der Waals surface area contributed by atoms with Crippen molar-refractivity contribution in [2.45, 2.75) is 38.1 Å². The number of aromatic hydroxyl groups is 1. The number of carboxylic acids is 1. The minimum Gasteiger partial charge on any atom is -0.508 e. The average molecular weight is 424 g/mol. The number of fused-ring (bicyclic) bond motifs is 1. The summed E-state index contributed by atoms with van der Waals surface area (Å²) in [4.78, 5) is 49.4. The van der Waals surface area contributed by atoms with Gasteiger partial charge in [-0.1, -0.05) is 30.7 Å². The second-order valence-electron chi connectivity index (χ2n) is 7.45. The molecule has 1 heterocycles. The van der Waals surface area contributed by atoms with Gasteiger partial charge in [-0.2, -0.15) is 0 Å². The van der Waals surface area contributed by atoms with Gasteiger partial charge >= 0.3 is 5.97 Å². The van der Waals surface area contributed by atoms with Gasteiger partial charge in [0, 0.05) is 19.4 Å². The number of rotatable bonds is 10. The molecule has 1 aliphatic rings. The number of nitrogens with zero attached hydrogens (tertiary/aromatic N) is 1. The molecule has 0 saturated carbocycles. The summed E-state index contributed by atoms with van der Waals surface area (Å²) in [5.74, 6) is -2.01. The second-order valence-corrected chi connectivity index (χ2v) is 7.45. The molecule has 0 spiro atoms. The molecule has 0 saturated heterocycles. The van der Waals surface area contributed by atoms with Crippen LogP contribution in [0.25, 0.3) is 0 Å². The van der Waals surface area contributed by atoms with Crippen LogP contribution in [0.5, 0.6) is 5.75 Å². The van der Waals surface area contributed by atoms with Crippen molar-refractivity contribution in [3.05, 3.63) is 65.2 Å². The lowest BCUT2D eigenvalue weighted by Gasteiger charge is -2.15. The SMILES string of the molecule is O=C(CCCCCN1C(=O)c2ccccc2C1=O)NC(Cc1ccc(O)cc1)C(=O)O. The van der Waals surface area contributed by atoms with Crippen LogP contribution in [0, 0.1) is 0 Å². The van der Waals surface area contributed by atoms with Gasteiger partial charge < -0.3 is 15.5 Å². The first-order valence-corrected chi connectivity index (χ1v) is 10.1. The molecule has 1 unspecified atom stereocenters. The van der Waals surface area contributed by atoms with Crippen molar-refractivity contribution in [1.29, 1.82) is 0 Å². The van der Waals surface area contributed by atoms with Crippen LogP contribution in [0.2, 0.25) is 0 Å². The van der Waals surface area contributed by atoms with Crippen molar-refractivity contribution in [1.82, 2.24) is 10.2 Å². The number of carboxylic acid groups (broad SMARTS) is 1. The molecule has 1 aliphatic heterocycles. The lowest BCUT2D eigenvalue weighted by Crippen LogP contribution is -2.42. The van der Waals surface area contributed by atoms with E-state index in [1.807, 2.05) is 0 Å². The van der Waals surface area contributed by atoms with Gasteiger partial charge in [-0.3, -0.25) is 19.3 Å². The molecule has 0 fully saturated rings. The van der Waals surface area contributed by atoms with E-state index >= 15 is 0 Å². The van der Waals surface area contributed by atoms with E-state index in [-0.39, 0.29) is 42.9 Å². The minimum atomic E-state index is -1.13. The summed E-state index contributed by atoms with van der Waals surface area (Å²) in [6.45, 7) is 0.284. The Morgan fingerprint density at radius 2 is 1.52 bits per heavy atom. The zero-order valence-electron chi connectivity index (χ0n) is 16.9. The summed E-state index contributed by atoms with van der Waals surface area (Å²) in [5.41, 5.74) is 1.52. The first-order valence-electron chi connectivity index (χ1n) is 10.1. The van der Waals surface area contributed by atoms with E-state index in [2.05, 4.69) is 5.32 Å². The standard InChI is InChI=1S/C23H24N2O6/c26-16-11-9-15(10-12-16)14-19(23(30)31)24-20(27)8-2-1-5-13-25-21(28)17-6-3-4-7-18(17)22(25)29/h3-4,6-7,9-12,19,26H,1-2,5,8,13-14H2,(H,24,27)(H,30,31). The van der Waals surface area contributed by atoms with E-state index in [1.54, 1.807) is 36.4 Å². The summed E-state index contributed by atoms with van der Waals surface area (Å²) >= 11 is 0. The van der Waals surface area contributed by atoms with Crippen molar-refractivity contribution >= 4 is 23.7 Å². The molecule has 2 aromatic carbocycles. The Labute approximate surface area is 179 Å². The van der Waals surface area contributed by atoms with Gasteiger partial charge in [-0.25, -0.2) is 4.79 Å². The van der Waals surface area contributed by atoms with Gasteiger partial charge in [0.2, 0.25) is 5.91 Å². The molecular weight excluding hydrogens is 400 g/mol. The Bertz CT molecular complexity index is 951. The molecule has 3 N–H and O–H groups in total. The zero-order chi connectivity index (χ0) is 22.4. The molecule has 8 nitrogen and oxygen atoms in total. The van der Waals surface area contributed by atoms with Crippen LogP contribution in [0.15, 0.2) is 48.5 Å². The van der Waals surface area contributed by atoms with Crippen LogP contribution in [-0.2, 0) is 16.0 Å². The number of phenolic OH excluding ortho intramolecular Hbond substituents is 1. The largest absolute Gasteiger partial charge is 0.508 e. The lowest BCUT2D eigenvalue weighted by atomic mass is 10.1. The maximum Gasteiger partial charge on any atom is 0.326 e. The number of phenols is 1. The third kappa shape index (κ3) is 5.48. The Hall–Kier alpha value is -3.68. The number of aliphatic carboxylic acids is 1. The molecule has 0 aromatic heterocycles. The highest BCUT2D eigenvalue weighted by Gasteiger charge is 2.34. The Kier molecular flexibility index (Phi) is 7.02. The van der Waals surface area contributed by atoms with Crippen molar-refractivity contribution in [2.75, 3.05) is 6.54 Å². The molecule has 31 heavy (non-hydrogen) atoms. The number of carbonyl (C=O) groups is 4. The Morgan fingerprint density at radius 3 is 2.10 bits per heavy atom. The van der Waals surface area contributed by atoms with Crippen LogP contribution < -0.4 is 5.32 Å².